The Kier molecular flexibility index (Phi) is 4.07. The van der Waals surface area contributed by atoms with E-state index in [-0.39, 0.29) is 5.96 Å². The van der Waals surface area contributed by atoms with Gasteiger partial charge in [-0.15, -0.1) is 6.58 Å². The van der Waals surface area contributed by atoms with Crippen LogP contribution < -0.4 is 10.0 Å². The topological polar surface area (TPSA) is 53.1 Å². The minimum atomic E-state index is 0.0306. The van der Waals surface area contributed by atoms with Crippen molar-refractivity contribution in [1.82, 2.24) is 0 Å². The standard InChI is InChI=1S/C10H13N3S/c1-2-8-14-13(10(11)12)9-6-4-3-5-7-9/h2-7H,1,8H2,(H3,11,12). The number of nitrogens with zero attached hydrogens (tertiary/aromatic N) is 1. The predicted molar refractivity (Wildman–Crippen MR) is 63.5 cm³/mol. The molecule has 0 spiro atoms. The summed E-state index contributed by atoms with van der Waals surface area (Å²) in [6.45, 7) is 3.63. The Morgan fingerprint density at radius 3 is 2.64 bits per heavy atom. The molecule has 0 aliphatic rings. The molecular formula is C10H13N3S. The Hall–Kier alpha value is -1.42. The van der Waals surface area contributed by atoms with Crippen LogP contribution in [0.1, 0.15) is 0 Å². The molecule has 0 bridgehead atoms. The maximum atomic E-state index is 7.42. The van der Waals surface area contributed by atoms with Gasteiger partial charge in [0.15, 0.2) is 0 Å². The Morgan fingerprint density at radius 1 is 1.50 bits per heavy atom. The number of benzene rings is 1. The van der Waals surface area contributed by atoms with Crippen molar-refractivity contribution in [3.05, 3.63) is 43.0 Å². The Morgan fingerprint density at radius 2 is 2.14 bits per heavy atom. The summed E-state index contributed by atoms with van der Waals surface area (Å²) in [6, 6.07) is 9.59. The molecule has 14 heavy (non-hydrogen) atoms. The van der Waals surface area contributed by atoms with Gasteiger partial charge in [0.2, 0.25) is 5.96 Å². The van der Waals surface area contributed by atoms with Gasteiger partial charge in [-0.3, -0.25) is 9.71 Å². The van der Waals surface area contributed by atoms with Crippen LogP contribution in [0.2, 0.25) is 0 Å². The molecule has 1 rings (SSSR count). The second-order valence-corrected chi connectivity index (χ2v) is 3.56. The van der Waals surface area contributed by atoms with Crippen LogP contribution in [0.4, 0.5) is 5.69 Å². The Labute approximate surface area is 88.2 Å². The van der Waals surface area contributed by atoms with Gasteiger partial charge in [0, 0.05) is 5.75 Å². The number of nitrogens with one attached hydrogen (secondary N) is 1. The fourth-order valence-electron chi connectivity index (χ4n) is 0.974. The molecule has 0 atom stereocenters. The van der Waals surface area contributed by atoms with Crippen molar-refractivity contribution < 1.29 is 0 Å². The molecule has 0 radical (unpaired) electrons. The fraction of sp³-hybridized carbons (Fsp3) is 0.100. The highest BCUT2D eigenvalue weighted by Gasteiger charge is 2.08. The summed E-state index contributed by atoms with van der Waals surface area (Å²) in [5.74, 6) is 0.761. The van der Waals surface area contributed by atoms with Crippen molar-refractivity contribution in [1.29, 1.82) is 5.41 Å². The number of guanidine groups is 1. The zero-order valence-electron chi connectivity index (χ0n) is 7.81. The Balaban J connectivity index is 2.78. The predicted octanol–water partition coefficient (Wildman–Crippen LogP) is 2.22. The molecule has 0 amide bonds. The van der Waals surface area contributed by atoms with Crippen LogP contribution in [0.25, 0.3) is 0 Å². The van der Waals surface area contributed by atoms with Gasteiger partial charge in [0.25, 0.3) is 0 Å². The first-order valence-corrected chi connectivity index (χ1v) is 5.13. The summed E-state index contributed by atoms with van der Waals surface area (Å²) in [7, 11) is 0. The lowest BCUT2D eigenvalue weighted by molar-refractivity contribution is 1.35. The van der Waals surface area contributed by atoms with Crippen LogP contribution in [0.5, 0.6) is 0 Å². The third-order valence-electron chi connectivity index (χ3n) is 1.53. The third kappa shape index (κ3) is 2.81. The molecular weight excluding hydrogens is 194 g/mol. The SMILES string of the molecule is C=CCSN(C(=N)N)c1ccccc1. The molecule has 3 N–H and O–H groups in total. The lowest BCUT2D eigenvalue weighted by Gasteiger charge is -2.20. The first-order valence-electron chi connectivity index (χ1n) is 4.18. The summed E-state index contributed by atoms with van der Waals surface area (Å²) in [5.41, 5.74) is 6.37. The average Bonchev–Trinajstić information content (AvgIpc) is 2.19. The van der Waals surface area contributed by atoms with Gasteiger partial charge < -0.3 is 5.73 Å². The zero-order chi connectivity index (χ0) is 10.4. The third-order valence-corrected chi connectivity index (χ3v) is 2.58. The molecule has 0 unspecified atom stereocenters. The van der Waals surface area contributed by atoms with Gasteiger partial charge in [0.1, 0.15) is 0 Å². The quantitative estimate of drug-likeness (QED) is 0.344. The smallest absolute Gasteiger partial charge is 0.203 e. The van der Waals surface area contributed by atoms with Gasteiger partial charge in [-0.2, -0.15) is 0 Å². The molecule has 0 aliphatic carbocycles. The van der Waals surface area contributed by atoms with Gasteiger partial charge in [-0.25, -0.2) is 0 Å². The van der Waals surface area contributed by atoms with Crippen molar-refractivity contribution in [2.45, 2.75) is 0 Å². The molecule has 0 fully saturated rings. The fourth-order valence-corrected chi connectivity index (χ4v) is 1.64. The van der Waals surface area contributed by atoms with Crippen LogP contribution in [0, 0.1) is 5.41 Å². The number of nitrogens with two attached hydrogens (primary N) is 1. The minimum Gasteiger partial charge on any atom is -0.369 e. The Bertz CT molecular complexity index is 310. The maximum Gasteiger partial charge on any atom is 0.203 e. The normalized spacial score (nSPS) is 9.43. The van der Waals surface area contributed by atoms with E-state index in [1.807, 2.05) is 30.3 Å². The van der Waals surface area contributed by atoms with E-state index in [1.54, 1.807) is 10.4 Å². The zero-order valence-corrected chi connectivity index (χ0v) is 8.63. The number of anilines is 1. The highest BCUT2D eigenvalue weighted by Crippen LogP contribution is 2.21. The van der Waals surface area contributed by atoms with E-state index in [1.165, 1.54) is 11.9 Å². The molecule has 0 aliphatic heterocycles. The summed E-state index contributed by atoms with van der Waals surface area (Å²) in [5, 5.41) is 7.42. The molecule has 0 saturated heterocycles. The van der Waals surface area contributed by atoms with E-state index in [9.17, 15) is 0 Å². The van der Waals surface area contributed by atoms with Crippen molar-refractivity contribution in [2.75, 3.05) is 10.1 Å². The van der Waals surface area contributed by atoms with E-state index < -0.39 is 0 Å². The first-order chi connectivity index (χ1) is 6.75. The van der Waals surface area contributed by atoms with Crippen molar-refractivity contribution in [3.8, 4) is 0 Å². The molecule has 0 aromatic heterocycles. The number of hydrogen-bond acceptors (Lipinski definition) is 2. The average molecular weight is 207 g/mol. The highest BCUT2D eigenvalue weighted by molar-refractivity contribution is 8.01. The molecule has 1 aromatic rings. The second-order valence-electron chi connectivity index (χ2n) is 2.60. The second kappa shape index (κ2) is 5.34. The number of hydrogen-bond donors (Lipinski definition) is 2. The maximum absolute atomic E-state index is 7.42. The van der Waals surface area contributed by atoms with Crippen molar-refractivity contribution in [3.63, 3.8) is 0 Å². The van der Waals surface area contributed by atoms with Crippen LogP contribution >= 0.6 is 11.9 Å². The summed E-state index contributed by atoms with van der Waals surface area (Å²) < 4.78 is 1.67. The molecule has 1 aromatic carbocycles. The van der Waals surface area contributed by atoms with Gasteiger partial charge >= 0.3 is 0 Å². The largest absolute Gasteiger partial charge is 0.369 e. The van der Waals surface area contributed by atoms with E-state index in [4.69, 9.17) is 11.1 Å². The molecule has 0 heterocycles. The van der Waals surface area contributed by atoms with Crippen LogP contribution in [-0.4, -0.2) is 11.7 Å². The molecule has 4 heteroatoms. The first kappa shape index (κ1) is 10.7. The minimum absolute atomic E-state index is 0.0306. The molecule has 3 nitrogen and oxygen atoms in total. The number of rotatable bonds is 4. The van der Waals surface area contributed by atoms with Gasteiger partial charge in [-0.05, 0) is 24.1 Å². The van der Waals surface area contributed by atoms with Crippen molar-refractivity contribution in [2.24, 2.45) is 5.73 Å². The van der Waals surface area contributed by atoms with Crippen LogP contribution in [-0.2, 0) is 0 Å². The highest BCUT2D eigenvalue weighted by atomic mass is 32.2. The number of para-hydroxylation sites is 1. The van der Waals surface area contributed by atoms with Gasteiger partial charge in [-0.1, -0.05) is 24.3 Å². The van der Waals surface area contributed by atoms with E-state index in [0.29, 0.717) is 0 Å². The van der Waals surface area contributed by atoms with E-state index in [0.717, 1.165) is 11.4 Å². The monoisotopic (exact) mass is 207 g/mol. The summed E-state index contributed by atoms with van der Waals surface area (Å²) >= 11 is 1.45. The van der Waals surface area contributed by atoms with Crippen LogP contribution in [0.3, 0.4) is 0 Å². The molecule has 74 valence electrons. The summed E-state index contributed by atoms with van der Waals surface area (Å²) in [6.07, 6.45) is 1.78. The van der Waals surface area contributed by atoms with Crippen molar-refractivity contribution >= 4 is 23.6 Å². The lowest BCUT2D eigenvalue weighted by atomic mass is 10.3. The van der Waals surface area contributed by atoms with E-state index >= 15 is 0 Å². The van der Waals surface area contributed by atoms with Gasteiger partial charge in [0.05, 0.1) is 5.69 Å². The molecule has 0 saturated carbocycles. The van der Waals surface area contributed by atoms with Crippen LogP contribution in [0.15, 0.2) is 43.0 Å². The van der Waals surface area contributed by atoms with E-state index in [2.05, 4.69) is 6.58 Å². The summed E-state index contributed by atoms with van der Waals surface area (Å²) in [4.78, 5) is 0. The lowest BCUT2D eigenvalue weighted by Crippen LogP contribution is -2.30.